The molecule has 150 valence electrons. The lowest BCUT2D eigenvalue weighted by molar-refractivity contribution is -0.123. The molecule has 1 fully saturated rings. The summed E-state index contributed by atoms with van der Waals surface area (Å²) in [5.74, 6) is 0.645. The summed E-state index contributed by atoms with van der Waals surface area (Å²) in [5.41, 5.74) is 0.332. The lowest BCUT2D eigenvalue weighted by Crippen LogP contribution is -2.48. The molecule has 2 N–H and O–H groups in total. The van der Waals surface area contributed by atoms with Gasteiger partial charge in [0.05, 0.1) is 21.3 Å². The number of ether oxygens (including phenoxy) is 3. The van der Waals surface area contributed by atoms with Crippen molar-refractivity contribution >= 4 is 11.8 Å². The van der Waals surface area contributed by atoms with Crippen molar-refractivity contribution in [3.8, 4) is 17.2 Å². The zero-order valence-electron chi connectivity index (χ0n) is 16.6. The highest BCUT2D eigenvalue weighted by molar-refractivity contribution is 5.98. The van der Waals surface area contributed by atoms with E-state index in [1.165, 1.54) is 34.2 Å². The Hall–Kier alpha value is -2.44. The van der Waals surface area contributed by atoms with Crippen LogP contribution in [-0.4, -0.2) is 45.2 Å². The topological polar surface area (TPSA) is 85.9 Å². The number of hydrogen-bond acceptors (Lipinski definition) is 5. The number of carbonyl (C=O) groups excluding carboxylic acids is 2. The molecule has 2 rings (SSSR count). The van der Waals surface area contributed by atoms with Crippen molar-refractivity contribution in [2.75, 3.05) is 21.3 Å². The number of nitrogens with one attached hydrogen (secondary N) is 2. The van der Waals surface area contributed by atoms with Crippen molar-refractivity contribution in [1.29, 1.82) is 0 Å². The second kappa shape index (κ2) is 10.0. The van der Waals surface area contributed by atoms with Crippen LogP contribution in [0.1, 0.15) is 55.8 Å². The number of rotatable bonds is 7. The van der Waals surface area contributed by atoms with Gasteiger partial charge in [0, 0.05) is 11.6 Å². The van der Waals surface area contributed by atoms with Crippen LogP contribution in [0.3, 0.4) is 0 Å². The number of methoxy groups -OCH3 is 3. The minimum Gasteiger partial charge on any atom is -0.493 e. The fourth-order valence-corrected chi connectivity index (χ4v) is 3.31. The molecule has 1 atom stereocenters. The van der Waals surface area contributed by atoms with E-state index >= 15 is 0 Å². The minimum atomic E-state index is -0.639. The minimum absolute atomic E-state index is 0.164. The third-order valence-corrected chi connectivity index (χ3v) is 4.87. The van der Waals surface area contributed by atoms with Gasteiger partial charge in [-0.1, -0.05) is 25.7 Å². The van der Waals surface area contributed by atoms with Gasteiger partial charge in [0.15, 0.2) is 11.5 Å². The Morgan fingerprint density at radius 3 is 2.00 bits per heavy atom. The van der Waals surface area contributed by atoms with Gasteiger partial charge < -0.3 is 24.8 Å². The summed E-state index contributed by atoms with van der Waals surface area (Å²) in [6.45, 7) is 1.68. The number of carbonyl (C=O) groups is 2. The van der Waals surface area contributed by atoms with Crippen molar-refractivity contribution in [3.05, 3.63) is 17.7 Å². The van der Waals surface area contributed by atoms with Crippen LogP contribution >= 0.6 is 0 Å². The molecule has 2 amide bonds. The van der Waals surface area contributed by atoms with E-state index < -0.39 is 6.04 Å². The SMILES string of the molecule is COc1cc(C(=O)N[C@@H](C)C(=O)NC2CCCCCC2)cc(OC)c1OC. The molecular weight excluding hydrogens is 348 g/mol. The summed E-state index contributed by atoms with van der Waals surface area (Å²) in [6.07, 6.45) is 6.71. The van der Waals surface area contributed by atoms with Gasteiger partial charge in [0.25, 0.3) is 5.91 Å². The van der Waals surface area contributed by atoms with Crippen LogP contribution in [0.25, 0.3) is 0 Å². The highest BCUT2D eigenvalue weighted by Crippen LogP contribution is 2.38. The predicted molar refractivity (Wildman–Crippen MR) is 103 cm³/mol. The Labute approximate surface area is 160 Å². The van der Waals surface area contributed by atoms with Crippen LogP contribution in [0, 0.1) is 0 Å². The smallest absolute Gasteiger partial charge is 0.252 e. The highest BCUT2D eigenvalue weighted by Gasteiger charge is 2.22. The monoisotopic (exact) mass is 378 g/mol. The van der Waals surface area contributed by atoms with Crippen molar-refractivity contribution in [1.82, 2.24) is 10.6 Å². The first-order chi connectivity index (χ1) is 13.0. The molecule has 0 bridgehead atoms. The average Bonchev–Trinajstić information content (AvgIpc) is 2.95. The Kier molecular flexibility index (Phi) is 7.76. The van der Waals surface area contributed by atoms with Crippen molar-refractivity contribution < 1.29 is 23.8 Å². The maximum Gasteiger partial charge on any atom is 0.252 e. The van der Waals surface area contributed by atoms with E-state index in [0.29, 0.717) is 22.8 Å². The Morgan fingerprint density at radius 1 is 0.963 bits per heavy atom. The van der Waals surface area contributed by atoms with Crippen LogP contribution in [0.5, 0.6) is 17.2 Å². The van der Waals surface area contributed by atoms with Gasteiger partial charge in [-0.15, -0.1) is 0 Å². The lowest BCUT2D eigenvalue weighted by atomic mass is 10.1. The molecule has 7 nitrogen and oxygen atoms in total. The van der Waals surface area contributed by atoms with E-state index in [9.17, 15) is 9.59 Å². The molecule has 0 radical (unpaired) electrons. The van der Waals surface area contributed by atoms with Gasteiger partial charge in [0.2, 0.25) is 11.7 Å². The van der Waals surface area contributed by atoms with Crippen LogP contribution in [0.4, 0.5) is 0 Å². The van der Waals surface area contributed by atoms with Crippen LogP contribution < -0.4 is 24.8 Å². The number of amides is 2. The van der Waals surface area contributed by atoms with Crippen LogP contribution in [0.2, 0.25) is 0 Å². The van der Waals surface area contributed by atoms with Crippen molar-refractivity contribution in [2.45, 2.75) is 57.5 Å². The normalized spacial score (nSPS) is 16.0. The second-order valence-corrected chi connectivity index (χ2v) is 6.81. The third-order valence-electron chi connectivity index (χ3n) is 4.87. The maximum atomic E-state index is 12.6. The molecule has 0 aliphatic heterocycles. The summed E-state index contributed by atoms with van der Waals surface area (Å²) in [4.78, 5) is 25.0. The van der Waals surface area contributed by atoms with Gasteiger partial charge in [-0.25, -0.2) is 0 Å². The quantitative estimate of drug-likeness (QED) is 0.713. The molecule has 0 unspecified atom stereocenters. The zero-order chi connectivity index (χ0) is 19.8. The maximum absolute atomic E-state index is 12.6. The molecule has 0 aromatic heterocycles. The Bertz CT molecular complexity index is 629. The van der Waals surface area contributed by atoms with E-state index in [-0.39, 0.29) is 17.9 Å². The highest BCUT2D eigenvalue weighted by atomic mass is 16.5. The third kappa shape index (κ3) is 5.52. The first-order valence-electron chi connectivity index (χ1n) is 9.41. The van der Waals surface area contributed by atoms with Gasteiger partial charge in [-0.05, 0) is 31.9 Å². The zero-order valence-corrected chi connectivity index (χ0v) is 16.6. The molecule has 0 saturated heterocycles. The van der Waals surface area contributed by atoms with Crippen molar-refractivity contribution in [3.63, 3.8) is 0 Å². The molecule has 1 aromatic carbocycles. The molecule has 1 saturated carbocycles. The largest absolute Gasteiger partial charge is 0.493 e. The first-order valence-corrected chi connectivity index (χ1v) is 9.41. The van der Waals surface area contributed by atoms with E-state index in [0.717, 1.165) is 25.7 Å². The van der Waals surface area contributed by atoms with Gasteiger partial charge in [-0.3, -0.25) is 9.59 Å². The standard InChI is InChI=1S/C20H30N2O5/c1-13(19(23)22-15-9-7-5-6-8-10-15)21-20(24)14-11-16(25-2)18(27-4)17(12-14)26-3/h11-13,15H,5-10H2,1-4H3,(H,21,24)(H,22,23)/t13-/m0/s1. The Morgan fingerprint density at radius 2 is 1.52 bits per heavy atom. The van der Waals surface area contributed by atoms with E-state index in [4.69, 9.17) is 14.2 Å². The van der Waals surface area contributed by atoms with Crippen LogP contribution in [-0.2, 0) is 4.79 Å². The lowest BCUT2D eigenvalue weighted by Gasteiger charge is -2.20. The van der Waals surface area contributed by atoms with Gasteiger partial charge in [0.1, 0.15) is 6.04 Å². The molecule has 7 heteroatoms. The predicted octanol–water partition coefficient (Wildman–Crippen LogP) is 2.67. The molecular formula is C20H30N2O5. The van der Waals surface area contributed by atoms with Crippen LogP contribution in [0.15, 0.2) is 12.1 Å². The first kappa shape index (κ1) is 20.9. The van der Waals surface area contributed by atoms with E-state index in [2.05, 4.69) is 10.6 Å². The summed E-state index contributed by atoms with van der Waals surface area (Å²) < 4.78 is 15.8. The van der Waals surface area contributed by atoms with Crippen molar-refractivity contribution in [2.24, 2.45) is 0 Å². The molecule has 0 heterocycles. The molecule has 1 aliphatic rings. The number of benzene rings is 1. The Balaban J connectivity index is 2.03. The van der Waals surface area contributed by atoms with Gasteiger partial charge in [-0.2, -0.15) is 0 Å². The van der Waals surface area contributed by atoms with Gasteiger partial charge >= 0.3 is 0 Å². The molecule has 1 aromatic rings. The second-order valence-electron chi connectivity index (χ2n) is 6.81. The average molecular weight is 378 g/mol. The summed E-state index contributed by atoms with van der Waals surface area (Å²) in [5, 5.41) is 5.79. The summed E-state index contributed by atoms with van der Waals surface area (Å²) in [6, 6.07) is 2.68. The number of hydrogen-bond donors (Lipinski definition) is 2. The summed E-state index contributed by atoms with van der Waals surface area (Å²) >= 11 is 0. The van der Waals surface area contributed by atoms with E-state index in [1.54, 1.807) is 19.1 Å². The molecule has 0 spiro atoms. The molecule has 1 aliphatic carbocycles. The fraction of sp³-hybridized carbons (Fsp3) is 0.600. The summed E-state index contributed by atoms with van der Waals surface area (Å²) in [7, 11) is 4.48. The van der Waals surface area contributed by atoms with E-state index in [1.807, 2.05) is 0 Å². The fourth-order valence-electron chi connectivity index (χ4n) is 3.31. The molecule has 27 heavy (non-hydrogen) atoms.